The molecule has 0 spiro atoms. The number of nitrogens with one attached hydrogen (secondary N) is 1. The Hall–Kier alpha value is -2.59. The van der Waals surface area contributed by atoms with Gasteiger partial charge in [0.15, 0.2) is 5.13 Å². The number of aryl methyl sites for hydroxylation is 1. The number of carbonyl (C=O) groups excluding carboxylic acids is 1. The lowest BCUT2D eigenvalue weighted by atomic mass is 10.2. The summed E-state index contributed by atoms with van der Waals surface area (Å²) in [5.74, 6) is -0.228. The summed E-state index contributed by atoms with van der Waals surface area (Å²) >= 11 is 1.16. The first-order valence-electron chi connectivity index (χ1n) is 9.01. The molecule has 0 radical (unpaired) electrons. The van der Waals surface area contributed by atoms with E-state index >= 15 is 0 Å². The van der Waals surface area contributed by atoms with Gasteiger partial charge in [-0.2, -0.15) is 14.5 Å². The minimum Gasteiger partial charge on any atom is -0.472 e. The highest BCUT2D eigenvalue weighted by molar-refractivity contribution is 7.15. The summed E-state index contributed by atoms with van der Waals surface area (Å²) in [5, 5.41) is 8.07. The van der Waals surface area contributed by atoms with E-state index in [1.807, 2.05) is 19.3 Å². The molecular weight excluding hydrogens is 383 g/mol. The van der Waals surface area contributed by atoms with Gasteiger partial charge < -0.3 is 10.1 Å². The van der Waals surface area contributed by atoms with Gasteiger partial charge in [-0.05, 0) is 13.0 Å². The molecule has 0 aromatic carbocycles. The van der Waals surface area contributed by atoms with E-state index in [-0.39, 0.29) is 23.2 Å². The largest absolute Gasteiger partial charge is 0.472 e. The van der Waals surface area contributed by atoms with Crippen LogP contribution in [0, 0.1) is 5.95 Å². The maximum Gasteiger partial charge on any atom is 0.230 e. The average molecular weight is 404 g/mol. The van der Waals surface area contributed by atoms with Crippen LogP contribution in [0.1, 0.15) is 25.1 Å². The fourth-order valence-electron chi connectivity index (χ4n) is 3.46. The van der Waals surface area contributed by atoms with Crippen molar-refractivity contribution in [1.82, 2.24) is 24.6 Å². The van der Waals surface area contributed by atoms with Gasteiger partial charge in [0.2, 0.25) is 17.7 Å². The predicted octanol–water partition coefficient (Wildman–Crippen LogP) is 2.56. The van der Waals surface area contributed by atoms with Gasteiger partial charge in [0.25, 0.3) is 0 Å². The zero-order valence-electron chi connectivity index (χ0n) is 15.8. The van der Waals surface area contributed by atoms with E-state index < -0.39 is 5.95 Å². The number of anilines is 1. The van der Waals surface area contributed by atoms with Crippen LogP contribution >= 0.6 is 11.3 Å². The first kappa shape index (κ1) is 18.8. The van der Waals surface area contributed by atoms with Crippen molar-refractivity contribution >= 4 is 33.3 Å². The van der Waals surface area contributed by atoms with E-state index in [9.17, 15) is 9.18 Å². The fourth-order valence-corrected chi connectivity index (χ4v) is 4.38. The molecule has 0 bridgehead atoms. The number of pyridine rings is 1. The summed E-state index contributed by atoms with van der Waals surface area (Å²) < 4.78 is 22.0. The zero-order valence-corrected chi connectivity index (χ0v) is 16.7. The number of aromatic nitrogens is 4. The Labute approximate surface area is 165 Å². The normalized spacial score (nSPS) is 20.0. The Bertz CT molecular complexity index is 1020. The molecule has 0 saturated carbocycles. The zero-order chi connectivity index (χ0) is 19.8. The SMILES string of the molecule is CC(=O)Nc1nc(F)c(CN2CC(Oc3nccc4nn(C)cc34)CC2C)s1. The maximum atomic E-state index is 14.1. The molecular formula is C18H21FN6O2S. The average Bonchev–Trinajstić information content (AvgIpc) is 3.25. The molecule has 3 aromatic heterocycles. The van der Waals surface area contributed by atoms with Crippen LogP contribution in [-0.4, -0.2) is 49.2 Å². The van der Waals surface area contributed by atoms with Crippen LogP contribution in [0.5, 0.6) is 5.88 Å². The molecule has 4 heterocycles. The Morgan fingerprint density at radius 2 is 2.32 bits per heavy atom. The highest BCUT2D eigenvalue weighted by Gasteiger charge is 2.32. The minimum absolute atomic E-state index is 0.0425. The third-order valence-corrected chi connectivity index (χ3v) is 5.67. The van der Waals surface area contributed by atoms with E-state index in [0.29, 0.717) is 23.8 Å². The number of ether oxygens (including phenoxy) is 1. The molecule has 10 heteroatoms. The van der Waals surface area contributed by atoms with Crippen molar-refractivity contribution < 1.29 is 13.9 Å². The fraction of sp³-hybridized carbons (Fsp3) is 0.444. The van der Waals surface area contributed by atoms with E-state index in [4.69, 9.17) is 4.74 Å². The van der Waals surface area contributed by atoms with Crippen molar-refractivity contribution in [3.63, 3.8) is 0 Å². The summed E-state index contributed by atoms with van der Waals surface area (Å²) in [4.78, 5) is 21.9. The third kappa shape index (κ3) is 3.83. The first-order chi connectivity index (χ1) is 13.4. The molecule has 2 atom stereocenters. The second kappa shape index (κ2) is 7.44. The van der Waals surface area contributed by atoms with Crippen LogP contribution in [0.25, 0.3) is 10.9 Å². The molecule has 1 fully saturated rings. The lowest BCUT2D eigenvalue weighted by molar-refractivity contribution is -0.114. The number of amides is 1. The summed E-state index contributed by atoms with van der Waals surface area (Å²) in [6.07, 6.45) is 4.36. The van der Waals surface area contributed by atoms with Crippen molar-refractivity contribution in [3.05, 3.63) is 29.3 Å². The Morgan fingerprint density at radius 1 is 1.50 bits per heavy atom. The second-order valence-corrected chi connectivity index (χ2v) is 8.10. The monoisotopic (exact) mass is 404 g/mol. The molecule has 1 amide bonds. The molecule has 1 aliphatic rings. The molecule has 1 N–H and O–H groups in total. The van der Waals surface area contributed by atoms with Crippen molar-refractivity contribution in [1.29, 1.82) is 0 Å². The maximum absolute atomic E-state index is 14.1. The number of halogens is 1. The molecule has 1 aliphatic heterocycles. The van der Waals surface area contributed by atoms with Gasteiger partial charge in [-0.3, -0.25) is 14.4 Å². The first-order valence-corrected chi connectivity index (χ1v) is 9.82. The quantitative estimate of drug-likeness (QED) is 0.704. The van der Waals surface area contributed by atoms with Crippen LogP contribution in [0.2, 0.25) is 0 Å². The lowest BCUT2D eigenvalue weighted by Gasteiger charge is -2.19. The van der Waals surface area contributed by atoms with Gasteiger partial charge in [-0.25, -0.2) is 4.98 Å². The number of hydrogen-bond donors (Lipinski definition) is 1. The molecule has 3 aromatic rings. The summed E-state index contributed by atoms with van der Waals surface area (Å²) in [6, 6.07) is 2.08. The number of nitrogens with zero attached hydrogens (tertiary/aromatic N) is 5. The lowest BCUT2D eigenvalue weighted by Crippen LogP contribution is -2.28. The van der Waals surface area contributed by atoms with Crippen LogP contribution in [0.3, 0.4) is 0 Å². The number of fused-ring (bicyclic) bond motifs is 1. The Morgan fingerprint density at radius 3 is 3.11 bits per heavy atom. The van der Waals surface area contributed by atoms with Gasteiger partial charge in [-0.15, -0.1) is 0 Å². The van der Waals surface area contributed by atoms with Crippen molar-refractivity contribution in [2.75, 3.05) is 11.9 Å². The van der Waals surface area contributed by atoms with Crippen molar-refractivity contribution in [2.45, 2.75) is 39.0 Å². The van der Waals surface area contributed by atoms with E-state index in [2.05, 4.69) is 32.2 Å². The number of likely N-dealkylation sites (tertiary alicyclic amines) is 1. The van der Waals surface area contributed by atoms with Gasteiger partial charge in [0.1, 0.15) is 6.10 Å². The van der Waals surface area contributed by atoms with Crippen molar-refractivity contribution in [2.24, 2.45) is 7.05 Å². The third-order valence-electron chi connectivity index (χ3n) is 4.74. The van der Waals surface area contributed by atoms with Crippen LogP contribution in [0.15, 0.2) is 18.5 Å². The Balaban J connectivity index is 1.45. The number of rotatable bonds is 5. The summed E-state index contributed by atoms with van der Waals surface area (Å²) in [5.41, 5.74) is 0.840. The Kier molecular flexibility index (Phi) is 4.98. The molecule has 1 saturated heterocycles. The van der Waals surface area contributed by atoms with Crippen LogP contribution < -0.4 is 10.1 Å². The topological polar surface area (TPSA) is 85.2 Å². The van der Waals surface area contributed by atoms with Crippen LogP contribution in [0.4, 0.5) is 9.52 Å². The minimum atomic E-state index is -0.535. The highest BCUT2D eigenvalue weighted by atomic mass is 32.1. The molecule has 8 nitrogen and oxygen atoms in total. The number of carbonyl (C=O) groups is 1. The van der Waals surface area contributed by atoms with Gasteiger partial charge in [0.05, 0.1) is 15.8 Å². The van der Waals surface area contributed by atoms with E-state index in [0.717, 1.165) is 28.7 Å². The van der Waals surface area contributed by atoms with E-state index in [1.165, 1.54) is 6.92 Å². The van der Waals surface area contributed by atoms with E-state index in [1.54, 1.807) is 10.9 Å². The smallest absolute Gasteiger partial charge is 0.230 e. The van der Waals surface area contributed by atoms with Gasteiger partial charge in [-0.1, -0.05) is 11.3 Å². The summed E-state index contributed by atoms with van der Waals surface area (Å²) in [6.45, 7) is 4.55. The number of hydrogen-bond acceptors (Lipinski definition) is 7. The second-order valence-electron chi connectivity index (χ2n) is 7.02. The van der Waals surface area contributed by atoms with Crippen LogP contribution in [-0.2, 0) is 18.4 Å². The predicted molar refractivity (Wildman–Crippen MR) is 104 cm³/mol. The molecule has 28 heavy (non-hydrogen) atoms. The van der Waals surface area contributed by atoms with Crippen molar-refractivity contribution in [3.8, 4) is 5.88 Å². The molecule has 148 valence electrons. The molecule has 0 aliphatic carbocycles. The standard InChI is InChI=1S/C18H21FN6O2S/c1-10-6-12(27-17-13-8-24(3)23-14(13)4-5-20-17)7-25(10)9-15-16(19)22-18(28-15)21-11(2)26/h4-5,8,10,12H,6-7,9H2,1-3H3,(H,21,22,26). The molecule has 4 rings (SSSR count). The van der Waals surface area contributed by atoms with Gasteiger partial charge in [0, 0.05) is 51.9 Å². The highest BCUT2D eigenvalue weighted by Crippen LogP contribution is 2.30. The number of thiazole rings is 1. The molecule has 2 unspecified atom stereocenters. The summed E-state index contributed by atoms with van der Waals surface area (Å²) in [7, 11) is 1.86. The van der Waals surface area contributed by atoms with Gasteiger partial charge >= 0.3 is 0 Å².